The van der Waals surface area contributed by atoms with E-state index in [1.807, 2.05) is 21.1 Å². The van der Waals surface area contributed by atoms with Crippen LogP contribution >= 0.6 is 0 Å². The van der Waals surface area contributed by atoms with Crippen LogP contribution in [0, 0.1) is 0 Å². The molecule has 0 rings (SSSR count). The van der Waals surface area contributed by atoms with Crippen molar-refractivity contribution in [1.29, 1.82) is 0 Å². The molecule has 1 N–H and O–H groups in total. The van der Waals surface area contributed by atoms with E-state index < -0.39 is 24.3 Å². The van der Waals surface area contributed by atoms with Gasteiger partial charge in [-0.2, -0.15) is 0 Å². The SMILES string of the molecule is CC/C=C\C/C=C\C/C=C\C/C=C\C/C=C\C/C=C\C/C=C\C/C=C\CCCCCCCCCCC(=O)OC(COC(=O)CCCCCC/C=C\C/C=C\C/C=C\C/C=C\C/C=C\C/C=C\CC)COC(OCC[N+](C)(C)C)C(=O)O. The van der Waals surface area contributed by atoms with Gasteiger partial charge in [-0.1, -0.05) is 235 Å². The third kappa shape index (κ3) is 62.1. The summed E-state index contributed by atoms with van der Waals surface area (Å²) in [6.45, 7) is 4.58. The lowest BCUT2D eigenvalue weighted by Crippen LogP contribution is -2.40. The second kappa shape index (κ2) is 60.7. The molecule has 9 heteroatoms. The average Bonchev–Trinajstić information content (AvgIpc) is 3.44. The lowest BCUT2D eigenvalue weighted by molar-refractivity contribution is -0.870. The number of unbranched alkanes of at least 4 members (excludes halogenated alkanes) is 12. The predicted octanol–water partition coefficient (Wildman–Crippen LogP) is 19.1. The average molecular weight is 1120 g/mol. The fourth-order valence-electron chi connectivity index (χ4n) is 7.74. The standard InChI is InChI=1S/C72H113NO8/c1-6-8-10-12-14-16-18-20-22-24-26-28-30-31-32-33-34-35-36-37-38-39-41-43-45-47-49-51-53-55-57-59-61-63-70(75)81-68(67-80-72(71(76)77)78-65-64-73(3,4)5)66-79-69(74)62-60-58-56-54-52-50-48-46-44-42-40-29-27-25-23-21-19-17-15-13-11-9-7-2/h8-11,14-17,20-23,26-29,31-32,34-35,37-38,41-44,48,50,68,72H,6-7,12-13,18-19,24-25,30,33,36,39-40,45-47,49,51-67H2,1-5H3/p+1/b10-8-,11-9-,16-14-,17-15-,22-20-,23-21-,28-26-,29-27-,32-31-,35-34-,38-37-,43-41-,44-42-,50-48-. The lowest BCUT2D eigenvalue weighted by Gasteiger charge is -2.25. The number of quaternary nitrogens is 1. The van der Waals surface area contributed by atoms with Gasteiger partial charge in [0.15, 0.2) is 6.10 Å². The van der Waals surface area contributed by atoms with Gasteiger partial charge in [0.2, 0.25) is 0 Å². The van der Waals surface area contributed by atoms with Gasteiger partial charge in [-0.05, 0) is 128 Å². The molecule has 0 saturated heterocycles. The van der Waals surface area contributed by atoms with Crippen LogP contribution in [0.2, 0.25) is 0 Å². The van der Waals surface area contributed by atoms with E-state index in [-0.39, 0.29) is 38.6 Å². The number of rotatable bonds is 55. The number of carbonyl (C=O) groups is 3. The molecule has 2 unspecified atom stereocenters. The first-order chi connectivity index (χ1) is 39.6. The van der Waals surface area contributed by atoms with Crippen molar-refractivity contribution in [1.82, 2.24) is 0 Å². The summed E-state index contributed by atoms with van der Waals surface area (Å²) in [7, 11) is 5.94. The van der Waals surface area contributed by atoms with Crippen molar-refractivity contribution in [3.63, 3.8) is 0 Å². The number of nitrogens with zero attached hydrogens (tertiary/aromatic N) is 1. The number of esters is 2. The molecule has 0 fully saturated rings. The highest BCUT2D eigenvalue weighted by molar-refractivity contribution is 5.71. The Kier molecular flexibility index (Phi) is 56.7. The molecule has 0 aliphatic heterocycles. The zero-order chi connectivity index (χ0) is 59.1. The molecule has 0 saturated carbocycles. The van der Waals surface area contributed by atoms with Crippen LogP contribution in [-0.2, 0) is 33.3 Å². The molecule has 0 aromatic rings. The van der Waals surface area contributed by atoms with E-state index in [1.54, 1.807) is 0 Å². The highest BCUT2D eigenvalue weighted by Crippen LogP contribution is 2.14. The molecule has 0 bridgehead atoms. The van der Waals surface area contributed by atoms with Crippen molar-refractivity contribution in [3.05, 3.63) is 170 Å². The van der Waals surface area contributed by atoms with Crippen molar-refractivity contribution in [2.75, 3.05) is 47.5 Å². The maximum absolute atomic E-state index is 12.9. The number of likely N-dealkylation sites (N-methyl/N-ethyl adjacent to an activating group) is 1. The topological polar surface area (TPSA) is 108 Å². The van der Waals surface area contributed by atoms with E-state index in [1.165, 1.54) is 25.7 Å². The molecule has 81 heavy (non-hydrogen) atoms. The van der Waals surface area contributed by atoms with Crippen LogP contribution in [0.5, 0.6) is 0 Å². The minimum absolute atomic E-state index is 0.171. The largest absolute Gasteiger partial charge is 0.477 e. The Bertz CT molecular complexity index is 1930. The van der Waals surface area contributed by atoms with Gasteiger partial charge in [-0.3, -0.25) is 9.59 Å². The number of hydrogen-bond donors (Lipinski definition) is 1. The van der Waals surface area contributed by atoms with Crippen molar-refractivity contribution in [2.45, 2.75) is 219 Å². The zero-order valence-corrected chi connectivity index (χ0v) is 51.6. The number of carboxylic acid groups (broad SMARTS) is 1. The molecule has 0 radical (unpaired) electrons. The second-order valence-electron chi connectivity index (χ2n) is 21.2. The van der Waals surface area contributed by atoms with Crippen LogP contribution < -0.4 is 0 Å². The monoisotopic (exact) mass is 1120 g/mol. The Morgan fingerprint density at radius 3 is 0.988 bits per heavy atom. The Hall–Kier alpha value is -5.35. The summed E-state index contributed by atoms with van der Waals surface area (Å²) in [5.41, 5.74) is 0. The van der Waals surface area contributed by atoms with Gasteiger partial charge >= 0.3 is 17.9 Å². The van der Waals surface area contributed by atoms with Gasteiger partial charge in [-0.15, -0.1) is 0 Å². The summed E-state index contributed by atoms with van der Waals surface area (Å²) in [6.07, 6.45) is 88.6. The van der Waals surface area contributed by atoms with Crippen LogP contribution in [0.4, 0.5) is 0 Å². The van der Waals surface area contributed by atoms with E-state index in [0.29, 0.717) is 23.9 Å². The molecule has 0 spiro atoms. The smallest absolute Gasteiger partial charge is 0.361 e. The molecule has 0 amide bonds. The van der Waals surface area contributed by atoms with Crippen molar-refractivity contribution < 1.29 is 42.9 Å². The van der Waals surface area contributed by atoms with E-state index in [0.717, 1.165) is 141 Å². The second-order valence-corrected chi connectivity index (χ2v) is 21.2. The highest BCUT2D eigenvalue weighted by Gasteiger charge is 2.25. The van der Waals surface area contributed by atoms with Gasteiger partial charge in [0.05, 0.1) is 34.4 Å². The molecule has 0 aromatic heterocycles. The number of aliphatic carboxylic acids is 1. The van der Waals surface area contributed by atoms with Crippen LogP contribution in [0.3, 0.4) is 0 Å². The first-order valence-corrected chi connectivity index (χ1v) is 31.3. The van der Waals surface area contributed by atoms with Crippen LogP contribution in [0.15, 0.2) is 170 Å². The quantitative estimate of drug-likeness (QED) is 0.0211. The van der Waals surface area contributed by atoms with Gasteiger partial charge in [0.1, 0.15) is 13.2 Å². The summed E-state index contributed by atoms with van der Waals surface area (Å²) in [5, 5.41) is 9.72. The predicted molar refractivity (Wildman–Crippen MR) is 345 cm³/mol. The summed E-state index contributed by atoms with van der Waals surface area (Å²) in [4.78, 5) is 37.5. The summed E-state index contributed by atoms with van der Waals surface area (Å²) < 4.78 is 22.9. The number of carbonyl (C=O) groups excluding carboxylic acids is 2. The summed E-state index contributed by atoms with van der Waals surface area (Å²) in [5.74, 6) is -2.07. The summed E-state index contributed by atoms with van der Waals surface area (Å²) >= 11 is 0. The molecule has 9 nitrogen and oxygen atoms in total. The lowest BCUT2D eigenvalue weighted by atomic mass is 10.1. The van der Waals surface area contributed by atoms with E-state index in [2.05, 4.69) is 184 Å². The number of allylic oxidation sites excluding steroid dienone is 28. The van der Waals surface area contributed by atoms with Gasteiger partial charge in [0, 0.05) is 12.8 Å². The Balaban J connectivity index is 4.32. The maximum atomic E-state index is 12.9. The number of carboxylic acids is 1. The molecule has 454 valence electrons. The van der Waals surface area contributed by atoms with Gasteiger partial charge in [0.25, 0.3) is 6.29 Å². The molecular formula is C72H114NO8+. The van der Waals surface area contributed by atoms with Crippen molar-refractivity contribution >= 4 is 17.9 Å². The molecule has 0 heterocycles. The third-order valence-corrected chi connectivity index (χ3v) is 12.5. The van der Waals surface area contributed by atoms with Crippen molar-refractivity contribution in [2.24, 2.45) is 0 Å². The van der Waals surface area contributed by atoms with Gasteiger partial charge < -0.3 is 28.5 Å². The first-order valence-electron chi connectivity index (χ1n) is 31.3. The van der Waals surface area contributed by atoms with E-state index >= 15 is 0 Å². The molecule has 0 aliphatic carbocycles. The normalized spacial score (nSPS) is 13.9. The molecular weight excluding hydrogens is 1010 g/mol. The molecule has 2 atom stereocenters. The fraction of sp³-hybridized carbons (Fsp3) is 0.569. The minimum Gasteiger partial charge on any atom is -0.477 e. The Morgan fingerprint density at radius 2 is 0.667 bits per heavy atom. The van der Waals surface area contributed by atoms with Crippen LogP contribution in [0.25, 0.3) is 0 Å². The van der Waals surface area contributed by atoms with Crippen molar-refractivity contribution in [3.8, 4) is 0 Å². The Labute approximate surface area is 495 Å². The third-order valence-electron chi connectivity index (χ3n) is 12.5. The fourth-order valence-corrected chi connectivity index (χ4v) is 7.74. The van der Waals surface area contributed by atoms with E-state index in [4.69, 9.17) is 18.9 Å². The van der Waals surface area contributed by atoms with Crippen LogP contribution in [-0.4, -0.2) is 87.4 Å². The maximum Gasteiger partial charge on any atom is 0.361 e. The summed E-state index contributed by atoms with van der Waals surface area (Å²) in [6, 6.07) is 0. The highest BCUT2D eigenvalue weighted by atomic mass is 16.7. The number of ether oxygens (including phenoxy) is 4. The van der Waals surface area contributed by atoms with Crippen LogP contribution in [0.1, 0.15) is 206 Å². The minimum atomic E-state index is -1.53. The Morgan fingerprint density at radius 1 is 0.370 bits per heavy atom. The zero-order valence-electron chi connectivity index (χ0n) is 51.6. The first kappa shape index (κ1) is 75.7. The van der Waals surface area contributed by atoms with Gasteiger partial charge in [-0.25, -0.2) is 4.79 Å². The molecule has 0 aromatic carbocycles. The van der Waals surface area contributed by atoms with E-state index in [9.17, 15) is 19.5 Å². The number of hydrogen-bond acceptors (Lipinski definition) is 7. The molecule has 0 aliphatic rings.